The van der Waals surface area contributed by atoms with E-state index in [1.54, 1.807) is 6.07 Å². The van der Waals surface area contributed by atoms with Gasteiger partial charge in [0.25, 0.3) is 0 Å². The molecule has 3 fully saturated rings. The van der Waals surface area contributed by atoms with E-state index in [1.807, 2.05) is 30.0 Å². The van der Waals surface area contributed by atoms with Gasteiger partial charge in [-0.3, -0.25) is 14.5 Å². The third-order valence-corrected chi connectivity index (χ3v) is 8.53. The van der Waals surface area contributed by atoms with Crippen molar-refractivity contribution in [2.45, 2.75) is 70.9 Å². The summed E-state index contributed by atoms with van der Waals surface area (Å²) in [7, 11) is 0. The van der Waals surface area contributed by atoms with E-state index in [1.165, 1.54) is 11.6 Å². The second-order valence-corrected chi connectivity index (χ2v) is 10.9. The maximum Gasteiger partial charge on any atom is 0.226 e. The van der Waals surface area contributed by atoms with Crippen LogP contribution in [0.15, 0.2) is 42.5 Å². The van der Waals surface area contributed by atoms with Crippen LogP contribution in [-0.4, -0.2) is 47.2 Å². The molecule has 0 N–H and O–H groups in total. The van der Waals surface area contributed by atoms with Crippen molar-refractivity contribution in [1.29, 1.82) is 0 Å². The van der Waals surface area contributed by atoms with Crippen LogP contribution in [-0.2, 0) is 22.6 Å². The van der Waals surface area contributed by atoms with Crippen molar-refractivity contribution in [2.75, 3.05) is 19.6 Å². The minimum absolute atomic E-state index is 0.0802. The Balaban J connectivity index is 1.21. The molecule has 5 heteroatoms. The lowest BCUT2D eigenvalue weighted by molar-refractivity contribution is -0.140. The molecule has 0 aromatic heterocycles. The number of Topliss-reactive ketones (excluding diaryl/α,β-unsaturated/α-hetero) is 1. The quantitative estimate of drug-likeness (QED) is 0.547. The fourth-order valence-corrected chi connectivity index (χ4v) is 6.23. The summed E-state index contributed by atoms with van der Waals surface area (Å²) in [6.07, 6.45) is 5.65. The summed E-state index contributed by atoms with van der Waals surface area (Å²) in [6, 6.07) is 13.7. The molecule has 35 heavy (non-hydrogen) atoms. The van der Waals surface area contributed by atoms with Gasteiger partial charge in [0.15, 0.2) is 0 Å². The summed E-state index contributed by atoms with van der Waals surface area (Å²) in [5, 5.41) is 0. The molecule has 1 amide bonds. The highest BCUT2D eigenvalue weighted by Crippen LogP contribution is 2.48. The Morgan fingerprint density at radius 3 is 2.49 bits per heavy atom. The van der Waals surface area contributed by atoms with Gasteiger partial charge >= 0.3 is 0 Å². The van der Waals surface area contributed by atoms with Crippen LogP contribution in [0.25, 0.3) is 0 Å². The predicted molar refractivity (Wildman–Crippen MR) is 136 cm³/mol. The summed E-state index contributed by atoms with van der Waals surface area (Å²) < 4.78 is 14.9. The Morgan fingerprint density at radius 1 is 1.03 bits per heavy atom. The SMILES string of the molecule is Cc1c(CC(=O)C2CC2c2ccccc2)ccc(F)c1CN1CCN(C(=O)C2CCCC2)[C@@H](C)C1. The molecule has 2 saturated carbocycles. The van der Waals surface area contributed by atoms with Crippen LogP contribution in [0.4, 0.5) is 4.39 Å². The molecular weight excluding hydrogens is 439 g/mol. The molecule has 2 aromatic rings. The highest BCUT2D eigenvalue weighted by molar-refractivity contribution is 5.87. The number of rotatable bonds is 7. The molecule has 2 aromatic carbocycles. The first-order valence-electron chi connectivity index (χ1n) is 13.3. The predicted octanol–water partition coefficient (Wildman–Crippen LogP) is 5.27. The number of nitrogens with zero attached hydrogens (tertiary/aromatic N) is 2. The van der Waals surface area contributed by atoms with Crippen molar-refractivity contribution in [2.24, 2.45) is 11.8 Å². The fourth-order valence-electron chi connectivity index (χ4n) is 6.23. The van der Waals surface area contributed by atoms with Gasteiger partial charge in [0.05, 0.1) is 0 Å². The number of hydrogen-bond donors (Lipinski definition) is 0. The van der Waals surface area contributed by atoms with Crippen LogP contribution >= 0.6 is 0 Å². The van der Waals surface area contributed by atoms with Gasteiger partial charge in [0.2, 0.25) is 5.91 Å². The molecule has 1 saturated heterocycles. The van der Waals surface area contributed by atoms with Gasteiger partial charge in [0.1, 0.15) is 11.6 Å². The van der Waals surface area contributed by atoms with Gasteiger partial charge in [0, 0.05) is 56.0 Å². The first-order chi connectivity index (χ1) is 16.9. The Morgan fingerprint density at radius 2 is 1.77 bits per heavy atom. The van der Waals surface area contributed by atoms with E-state index in [9.17, 15) is 14.0 Å². The summed E-state index contributed by atoms with van der Waals surface area (Å²) >= 11 is 0. The van der Waals surface area contributed by atoms with Crippen molar-refractivity contribution >= 4 is 11.7 Å². The normalized spacial score (nSPS) is 25.1. The van der Waals surface area contributed by atoms with Crippen LogP contribution in [0, 0.1) is 24.6 Å². The van der Waals surface area contributed by atoms with Crippen LogP contribution in [0.5, 0.6) is 0 Å². The van der Waals surface area contributed by atoms with Gasteiger partial charge in [-0.2, -0.15) is 0 Å². The van der Waals surface area contributed by atoms with E-state index in [0.717, 1.165) is 56.3 Å². The number of hydrogen-bond acceptors (Lipinski definition) is 3. The highest BCUT2D eigenvalue weighted by Gasteiger charge is 2.43. The number of halogens is 1. The lowest BCUT2D eigenvalue weighted by Gasteiger charge is -2.41. The van der Waals surface area contributed by atoms with Crippen LogP contribution in [0.1, 0.15) is 67.2 Å². The molecule has 0 bridgehead atoms. The molecule has 4 nitrogen and oxygen atoms in total. The van der Waals surface area contributed by atoms with Crippen LogP contribution in [0.2, 0.25) is 0 Å². The van der Waals surface area contributed by atoms with Crippen LogP contribution < -0.4 is 0 Å². The fraction of sp³-hybridized carbons (Fsp3) is 0.533. The van der Waals surface area contributed by atoms with E-state index >= 15 is 0 Å². The number of piperazine rings is 1. The molecule has 3 atom stereocenters. The Bertz CT molecular complexity index is 1080. The van der Waals surface area contributed by atoms with E-state index in [2.05, 4.69) is 24.0 Å². The van der Waals surface area contributed by atoms with Crippen LogP contribution in [0.3, 0.4) is 0 Å². The monoisotopic (exact) mass is 476 g/mol. The second kappa shape index (κ2) is 10.2. The van der Waals surface area contributed by atoms with Gasteiger partial charge in [-0.1, -0.05) is 49.2 Å². The summed E-state index contributed by atoms with van der Waals surface area (Å²) in [5.41, 5.74) is 3.76. The molecule has 2 unspecified atom stereocenters. The van der Waals surface area contributed by atoms with Crippen molar-refractivity contribution in [1.82, 2.24) is 9.80 Å². The second-order valence-electron chi connectivity index (χ2n) is 10.9. The Hall–Kier alpha value is -2.53. The van der Waals surface area contributed by atoms with E-state index in [-0.39, 0.29) is 29.5 Å². The molecule has 1 heterocycles. The Labute approximate surface area is 208 Å². The zero-order valence-corrected chi connectivity index (χ0v) is 21.0. The van der Waals surface area contributed by atoms with Crippen molar-refractivity contribution in [3.8, 4) is 0 Å². The number of amides is 1. The number of carbonyl (C=O) groups is 2. The number of benzene rings is 2. The molecule has 0 spiro atoms. The first-order valence-corrected chi connectivity index (χ1v) is 13.3. The Kier molecular flexibility index (Phi) is 7.06. The zero-order chi connectivity index (χ0) is 24.5. The van der Waals surface area contributed by atoms with Crippen molar-refractivity contribution in [3.05, 3.63) is 70.5 Å². The molecule has 0 radical (unpaired) electrons. The molecule has 3 aliphatic rings. The topological polar surface area (TPSA) is 40.6 Å². The summed E-state index contributed by atoms with van der Waals surface area (Å²) in [5.74, 6) is 0.971. The summed E-state index contributed by atoms with van der Waals surface area (Å²) in [4.78, 5) is 30.2. The van der Waals surface area contributed by atoms with Gasteiger partial charge < -0.3 is 4.90 Å². The minimum atomic E-state index is -0.204. The van der Waals surface area contributed by atoms with Crippen molar-refractivity contribution < 1.29 is 14.0 Å². The van der Waals surface area contributed by atoms with Gasteiger partial charge in [-0.05, 0) is 61.8 Å². The van der Waals surface area contributed by atoms with E-state index < -0.39 is 0 Å². The highest BCUT2D eigenvalue weighted by atomic mass is 19.1. The maximum absolute atomic E-state index is 14.9. The third kappa shape index (κ3) is 5.20. The smallest absolute Gasteiger partial charge is 0.226 e. The van der Waals surface area contributed by atoms with E-state index in [0.29, 0.717) is 36.9 Å². The number of carbonyl (C=O) groups excluding carboxylic acids is 2. The third-order valence-electron chi connectivity index (χ3n) is 8.53. The molecule has 2 aliphatic carbocycles. The molecular formula is C30H37FN2O2. The molecule has 186 valence electrons. The lowest BCUT2D eigenvalue weighted by Crippen LogP contribution is -2.54. The first kappa shape index (κ1) is 24.2. The zero-order valence-electron chi connectivity index (χ0n) is 21.0. The molecule has 5 rings (SSSR count). The van der Waals surface area contributed by atoms with Gasteiger partial charge in [-0.25, -0.2) is 4.39 Å². The average Bonchev–Trinajstić information content (AvgIpc) is 3.48. The minimum Gasteiger partial charge on any atom is -0.337 e. The number of ketones is 1. The average molecular weight is 477 g/mol. The molecule has 1 aliphatic heterocycles. The van der Waals surface area contributed by atoms with Crippen molar-refractivity contribution in [3.63, 3.8) is 0 Å². The maximum atomic E-state index is 14.9. The van der Waals surface area contributed by atoms with E-state index in [4.69, 9.17) is 0 Å². The largest absolute Gasteiger partial charge is 0.337 e. The lowest BCUT2D eigenvalue weighted by atomic mass is 9.95. The summed E-state index contributed by atoms with van der Waals surface area (Å²) in [6.45, 7) is 6.79. The standard InChI is InChI=1S/C30H37FN2O2/c1-20-18-32(14-15-33(20)30(35)23-10-6-7-11-23)19-27-21(2)24(12-13-28(27)31)16-29(34)26-17-25(26)22-8-4-3-5-9-22/h3-5,8-9,12-13,20,23,25-26H,6-7,10-11,14-19H2,1-2H3/t20-,25?,26?/m0/s1. The van der Waals surface area contributed by atoms with Gasteiger partial charge in [-0.15, -0.1) is 0 Å².